The van der Waals surface area contributed by atoms with Gasteiger partial charge in [0.15, 0.2) is 0 Å². The maximum Gasteiger partial charge on any atom is 0.236 e. The first-order chi connectivity index (χ1) is 8.99. The summed E-state index contributed by atoms with van der Waals surface area (Å²) in [5.74, 6) is 0.201. The van der Waals surface area contributed by atoms with Crippen LogP contribution in [0.25, 0.3) is 0 Å². The third kappa shape index (κ3) is 4.47. The SMILES string of the molecule is CCC(CN)C(=O)N1CCN(CC(=O)N(C)C)CC1. The summed E-state index contributed by atoms with van der Waals surface area (Å²) in [6.07, 6.45) is 0.786. The highest BCUT2D eigenvalue weighted by Crippen LogP contribution is 2.09. The molecule has 6 heteroatoms. The molecule has 0 aromatic heterocycles. The fraction of sp³-hybridized carbons (Fsp3) is 0.846. The molecular formula is C13H26N4O2. The molecule has 0 radical (unpaired) electrons. The van der Waals surface area contributed by atoms with Crippen LogP contribution in [0.4, 0.5) is 0 Å². The van der Waals surface area contributed by atoms with E-state index in [1.807, 2.05) is 11.8 Å². The van der Waals surface area contributed by atoms with Gasteiger partial charge in [0.05, 0.1) is 12.5 Å². The first kappa shape index (κ1) is 15.9. The van der Waals surface area contributed by atoms with Crippen LogP contribution in [0, 0.1) is 5.92 Å². The molecule has 1 atom stereocenters. The first-order valence-corrected chi connectivity index (χ1v) is 6.91. The third-order valence-corrected chi connectivity index (χ3v) is 3.67. The second kappa shape index (κ2) is 7.45. The van der Waals surface area contributed by atoms with Gasteiger partial charge >= 0.3 is 0 Å². The minimum Gasteiger partial charge on any atom is -0.348 e. The zero-order valence-electron chi connectivity index (χ0n) is 12.3. The Kier molecular flexibility index (Phi) is 6.24. The standard InChI is InChI=1S/C13H26N4O2/c1-4-11(9-14)13(19)17-7-5-16(6-8-17)10-12(18)15(2)3/h11H,4-10,14H2,1-3H3. The molecule has 1 unspecified atom stereocenters. The molecule has 0 aromatic rings. The minimum absolute atomic E-state index is 0.0602. The summed E-state index contributed by atoms with van der Waals surface area (Å²) < 4.78 is 0. The van der Waals surface area contributed by atoms with Crippen LogP contribution in [-0.2, 0) is 9.59 Å². The van der Waals surface area contributed by atoms with E-state index in [0.29, 0.717) is 26.2 Å². The van der Waals surface area contributed by atoms with Crippen molar-refractivity contribution in [3.63, 3.8) is 0 Å². The molecule has 2 N–H and O–H groups in total. The van der Waals surface area contributed by atoms with E-state index in [4.69, 9.17) is 5.73 Å². The van der Waals surface area contributed by atoms with Gasteiger partial charge in [-0.05, 0) is 6.42 Å². The van der Waals surface area contributed by atoms with Gasteiger partial charge in [0.1, 0.15) is 0 Å². The molecule has 1 rings (SSSR count). The molecule has 1 aliphatic heterocycles. The maximum atomic E-state index is 12.1. The van der Waals surface area contributed by atoms with Crippen molar-refractivity contribution in [3.05, 3.63) is 0 Å². The summed E-state index contributed by atoms with van der Waals surface area (Å²) in [7, 11) is 3.52. The van der Waals surface area contributed by atoms with Crippen LogP contribution in [0.5, 0.6) is 0 Å². The lowest BCUT2D eigenvalue weighted by Gasteiger charge is -2.36. The number of piperazine rings is 1. The van der Waals surface area contributed by atoms with Gasteiger partial charge in [-0.25, -0.2) is 0 Å². The van der Waals surface area contributed by atoms with Crippen LogP contribution in [0.3, 0.4) is 0 Å². The lowest BCUT2D eigenvalue weighted by Crippen LogP contribution is -2.52. The Hall–Kier alpha value is -1.14. The Morgan fingerprint density at radius 1 is 1.21 bits per heavy atom. The van der Waals surface area contributed by atoms with Crippen molar-refractivity contribution in [1.82, 2.24) is 14.7 Å². The summed E-state index contributed by atoms with van der Waals surface area (Å²) >= 11 is 0. The fourth-order valence-corrected chi connectivity index (χ4v) is 2.16. The number of nitrogens with zero attached hydrogens (tertiary/aromatic N) is 3. The van der Waals surface area contributed by atoms with E-state index in [9.17, 15) is 9.59 Å². The van der Waals surface area contributed by atoms with Gasteiger partial charge in [0.2, 0.25) is 11.8 Å². The van der Waals surface area contributed by atoms with Gasteiger partial charge in [-0.2, -0.15) is 0 Å². The monoisotopic (exact) mass is 270 g/mol. The average Bonchev–Trinajstić information content (AvgIpc) is 2.40. The van der Waals surface area contributed by atoms with E-state index in [0.717, 1.165) is 19.5 Å². The Morgan fingerprint density at radius 3 is 2.21 bits per heavy atom. The number of hydrogen-bond donors (Lipinski definition) is 1. The molecular weight excluding hydrogens is 244 g/mol. The van der Waals surface area contributed by atoms with Crippen LogP contribution in [0.15, 0.2) is 0 Å². The number of carbonyl (C=O) groups is 2. The van der Waals surface area contributed by atoms with Crippen molar-refractivity contribution in [2.45, 2.75) is 13.3 Å². The Balaban J connectivity index is 2.40. The summed E-state index contributed by atoms with van der Waals surface area (Å²) in [4.78, 5) is 29.3. The smallest absolute Gasteiger partial charge is 0.236 e. The molecule has 1 saturated heterocycles. The van der Waals surface area contributed by atoms with Crippen molar-refractivity contribution >= 4 is 11.8 Å². The van der Waals surface area contributed by atoms with Crippen molar-refractivity contribution in [2.24, 2.45) is 11.7 Å². The largest absolute Gasteiger partial charge is 0.348 e. The van der Waals surface area contributed by atoms with Crippen LogP contribution in [0.2, 0.25) is 0 Å². The van der Waals surface area contributed by atoms with Crippen LogP contribution in [-0.4, -0.2) is 79.9 Å². The summed E-state index contributed by atoms with van der Waals surface area (Å²) in [6, 6.07) is 0. The predicted octanol–water partition coefficient (Wildman–Crippen LogP) is -0.796. The second-order valence-electron chi connectivity index (χ2n) is 5.23. The molecule has 1 fully saturated rings. The molecule has 19 heavy (non-hydrogen) atoms. The number of hydrogen-bond acceptors (Lipinski definition) is 4. The van der Waals surface area contributed by atoms with Crippen molar-refractivity contribution in [2.75, 3.05) is 53.4 Å². The van der Waals surface area contributed by atoms with Gasteiger partial charge in [0, 0.05) is 46.8 Å². The highest BCUT2D eigenvalue weighted by Gasteiger charge is 2.26. The van der Waals surface area contributed by atoms with Crippen LogP contribution < -0.4 is 5.73 Å². The highest BCUT2D eigenvalue weighted by atomic mass is 16.2. The molecule has 1 aliphatic rings. The number of likely N-dealkylation sites (N-methyl/N-ethyl adjacent to an activating group) is 1. The van der Waals surface area contributed by atoms with Crippen molar-refractivity contribution in [1.29, 1.82) is 0 Å². The molecule has 2 amide bonds. The highest BCUT2D eigenvalue weighted by molar-refractivity contribution is 5.79. The number of carbonyl (C=O) groups excluding carboxylic acids is 2. The molecule has 1 heterocycles. The zero-order chi connectivity index (χ0) is 14.4. The van der Waals surface area contributed by atoms with E-state index in [1.54, 1.807) is 19.0 Å². The zero-order valence-corrected chi connectivity index (χ0v) is 12.3. The maximum absolute atomic E-state index is 12.1. The Labute approximate surface area is 115 Å². The predicted molar refractivity (Wildman–Crippen MR) is 74.5 cm³/mol. The topological polar surface area (TPSA) is 69.9 Å². The number of rotatable bonds is 5. The van der Waals surface area contributed by atoms with E-state index in [2.05, 4.69) is 4.90 Å². The minimum atomic E-state index is -0.0602. The molecule has 6 nitrogen and oxygen atoms in total. The summed E-state index contributed by atoms with van der Waals surface area (Å²) in [5, 5.41) is 0. The van der Waals surface area contributed by atoms with Gasteiger partial charge in [-0.1, -0.05) is 6.92 Å². The second-order valence-corrected chi connectivity index (χ2v) is 5.23. The van der Waals surface area contributed by atoms with Gasteiger partial charge in [-0.15, -0.1) is 0 Å². The number of amides is 2. The van der Waals surface area contributed by atoms with Crippen molar-refractivity contribution < 1.29 is 9.59 Å². The Morgan fingerprint density at radius 2 is 1.79 bits per heavy atom. The lowest BCUT2D eigenvalue weighted by molar-refractivity contribution is -0.137. The average molecular weight is 270 g/mol. The normalized spacial score (nSPS) is 18.2. The quantitative estimate of drug-likeness (QED) is 0.710. The van der Waals surface area contributed by atoms with Gasteiger partial charge in [0.25, 0.3) is 0 Å². The molecule has 0 bridgehead atoms. The van der Waals surface area contributed by atoms with Crippen molar-refractivity contribution in [3.8, 4) is 0 Å². The lowest BCUT2D eigenvalue weighted by atomic mass is 10.0. The Bertz CT molecular complexity index is 308. The van der Waals surface area contributed by atoms with E-state index in [-0.39, 0.29) is 17.7 Å². The third-order valence-electron chi connectivity index (χ3n) is 3.67. The molecule has 0 aliphatic carbocycles. The van der Waals surface area contributed by atoms with Crippen LogP contribution >= 0.6 is 0 Å². The molecule has 0 spiro atoms. The summed E-state index contributed by atoms with van der Waals surface area (Å²) in [5.41, 5.74) is 5.61. The summed E-state index contributed by atoms with van der Waals surface area (Å²) in [6.45, 7) is 5.73. The van der Waals surface area contributed by atoms with E-state index >= 15 is 0 Å². The fourth-order valence-electron chi connectivity index (χ4n) is 2.16. The molecule has 0 saturated carbocycles. The van der Waals surface area contributed by atoms with E-state index < -0.39 is 0 Å². The number of nitrogens with two attached hydrogens (primary N) is 1. The first-order valence-electron chi connectivity index (χ1n) is 6.91. The molecule has 0 aromatic carbocycles. The molecule has 110 valence electrons. The van der Waals surface area contributed by atoms with Gasteiger partial charge < -0.3 is 15.5 Å². The van der Waals surface area contributed by atoms with E-state index in [1.165, 1.54) is 0 Å². The van der Waals surface area contributed by atoms with Gasteiger partial charge in [-0.3, -0.25) is 14.5 Å². The van der Waals surface area contributed by atoms with Crippen LogP contribution in [0.1, 0.15) is 13.3 Å².